The van der Waals surface area contributed by atoms with Crippen molar-refractivity contribution in [3.63, 3.8) is 0 Å². The van der Waals surface area contributed by atoms with Crippen LogP contribution >= 0.6 is 0 Å². The van der Waals surface area contributed by atoms with Gasteiger partial charge in [-0.2, -0.15) is 0 Å². The topological polar surface area (TPSA) is 99.9 Å². The lowest BCUT2D eigenvalue weighted by atomic mass is 10.1. The molecule has 0 fully saturated rings. The van der Waals surface area contributed by atoms with Crippen LogP contribution in [0.4, 0.5) is 5.82 Å². The Morgan fingerprint density at radius 1 is 1.09 bits per heavy atom. The highest BCUT2D eigenvalue weighted by Gasteiger charge is 2.27. The number of aromatic nitrogens is 1. The Kier molecular flexibility index (Phi) is 7.28. The number of nitrogens with one attached hydrogen (secondary N) is 1. The summed E-state index contributed by atoms with van der Waals surface area (Å²) in [4.78, 5) is 26.0. The van der Waals surface area contributed by atoms with Gasteiger partial charge in [0.1, 0.15) is 5.76 Å². The second-order valence-corrected chi connectivity index (χ2v) is 6.81. The zero-order valence-corrected chi connectivity index (χ0v) is 18.2. The van der Waals surface area contributed by atoms with Crippen LogP contribution in [0.5, 0.6) is 11.5 Å². The standard InChI is InChI=1S/C24H24N2O6/c1-5-9-17-13-18(14-19(29-3)21(17)30-4)24(28)31-22(16-10-7-6-8-11-16)23(27)25-20-12-15(2)32-26-20/h5-14,22H,1-4H3,(H,25,26,27). The van der Waals surface area contributed by atoms with Gasteiger partial charge in [-0.15, -0.1) is 0 Å². The monoisotopic (exact) mass is 436 g/mol. The SMILES string of the molecule is CC=Cc1cc(C(=O)OC(C(=O)Nc2cc(C)on2)c2ccccc2)cc(OC)c1OC. The van der Waals surface area contributed by atoms with Gasteiger partial charge in [-0.25, -0.2) is 4.79 Å². The number of hydrogen-bond donors (Lipinski definition) is 1. The fourth-order valence-corrected chi connectivity index (χ4v) is 3.11. The van der Waals surface area contributed by atoms with Crippen molar-refractivity contribution in [3.05, 3.63) is 77.1 Å². The molecule has 1 aromatic heterocycles. The van der Waals surface area contributed by atoms with Crippen molar-refractivity contribution in [2.45, 2.75) is 20.0 Å². The van der Waals surface area contributed by atoms with E-state index in [-0.39, 0.29) is 11.4 Å². The summed E-state index contributed by atoms with van der Waals surface area (Å²) in [7, 11) is 3.00. The highest BCUT2D eigenvalue weighted by atomic mass is 16.5. The molecule has 1 N–H and O–H groups in total. The number of ether oxygens (including phenoxy) is 3. The smallest absolute Gasteiger partial charge is 0.339 e. The third-order valence-electron chi connectivity index (χ3n) is 4.53. The van der Waals surface area contributed by atoms with Gasteiger partial charge in [0.05, 0.1) is 19.8 Å². The molecule has 2 aromatic carbocycles. The summed E-state index contributed by atoms with van der Waals surface area (Å²) < 4.78 is 21.4. The Hall–Kier alpha value is -4.07. The summed E-state index contributed by atoms with van der Waals surface area (Å²) in [6, 6.07) is 13.4. The van der Waals surface area contributed by atoms with Crippen LogP contribution in [0.25, 0.3) is 6.08 Å². The summed E-state index contributed by atoms with van der Waals surface area (Å²) in [5.74, 6) is 0.361. The molecule has 1 atom stereocenters. The molecule has 0 radical (unpaired) electrons. The molecule has 0 bridgehead atoms. The highest BCUT2D eigenvalue weighted by molar-refractivity contribution is 5.98. The van der Waals surface area contributed by atoms with E-state index in [1.807, 2.05) is 13.0 Å². The van der Waals surface area contributed by atoms with E-state index in [1.165, 1.54) is 20.3 Å². The van der Waals surface area contributed by atoms with E-state index in [1.54, 1.807) is 55.5 Å². The average Bonchev–Trinajstić information content (AvgIpc) is 3.21. The molecule has 8 heteroatoms. The minimum Gasteiger partial charge on any atom is -0.493 e. The van der Waals surface area contributed by atoms with E-state index >= 15 is 0 Å². The van der Waals surface area contributed by atoms with Crippen LogP contribution in [-0.2, 0) is 9.53 Å². The predicted molar refractivity (Wildman–Crippen MR) is 119 cm³/mol. The largest absolute Gasteiger partial charge is 0.493 e. The second-order valence-electron chi connectivity index (χ2n) is 6.81. The molecule has 1 unspecified atom stereocenters. The lowest BCUT2D eigenvalue weighted by Gasteiger charge is -2.18. The number of allylic oxidation sites excluding steroid dienone is 1. The first-order valence-corrected chi connectivity index (χ1v) is 9.85. The van der Waals surface area contributed by atoms with Gasteiger partial charge in [0.25, 0.3) is 5.91 Å². The Labute approximate surface area is 185 Å². The van der Waals surface area contributed by atoms with Crippen LogP contribution in [-0.4, -0.2) is 31.3 Å². The molecule has 3 aromatic rings. The summed E-state index contributed by atoms with van der Waals surface area (Å²) in [6.07, 6.45) is 2.39. The normalized spacial score (nSPS) is 11.8. The Morgan fingerprint density at radius 3 is 2.44 bits per heavy atom. The molecular formula is C24H24N2O6. The number of amides is 1. The van der Waals surface area contributed by atoms with Crippen LogP contribution in [0.1, 0.15) is 40.3 Å². The van der Waals surface area contributed by atoms with E-state index in [0.29, 0.717) is 28.4 Å². The number of anilines is 1. The number of esters is 1. The van der Waals surface area contributed by atoms with Gasteiger partial charge in [-0.05, 0) is 26.0 Å². The van der Waals surface area contributed by atoms with Gasteiger partial charge in [0.2, 0.25) is 6.10 Å². The number of aryl methyl sites for hydroxylation is 1. The quantitative estimate of drug-likeness (QED) is 0.516. The van der Waals surface area contributed by atoms with Gasteiger partial charge in [0.15, 0.2) is 17.3 Å². The predicted octanol–water partition coefficient (Wildman–Crippen LogP) is 4.57. The number of hydrogen-bond acceptors (Lipinski definition) is 7. The summed E-state index contributed by atoms with van der Waals surface area (Å²) >= 11 is 0. The van der Waals surface area contributed by atoms with Gasteiger partial charge in [-0.1, -0.05) is 47.6 Å². The molecular weight excluding hydrogens is 412 g/mol. The first kappa shape index (κ1) is 22.6. The molecule has 1 heterocycles. The van der Waals surface area contributed by atoms with Crippen molar-refractivity contribution in [2.24, 2.45) is 0 Å². The summed E-state index contributed by atoms with van der Waals surface area (Å²) in [6.45, 7) is 3.55. The molecule has 0 saturated carbocycles. The van der Waals surface area contributed by atoms with E-state index < -0.39 is 18.0 Å². The second kappa shape index (κ2) is 10.3. The van der Waals surface area contributed by atoms with Gasteiger partial charge in [-0.3, -0.25) is 4.79 Å². The zero-order valence-electron chi connectivity index (χ0n) is 18.2. The first-order valence-electron chi connectivity index (χ1n) is 9.85. The Morgan fingerprint density at radius 2 is 1.84 bits per heavy atom. The summed E-state index contributed by atoms with van der Waals surface area (Å²) in [5.41, 5.74) is 1.36. The maximum atomic E-state index is 13.1. The third kappa shape index (κ3) is 5.15. The van der Waals surface area contributed by atoms with Crippen molar-refractivity contribution in [2.75, 3.05) is 19.5 Å². The lowest BCUT2D eigenvalue weighted by molar-refractivity contribution is -0.125. The molecule has 0 saturated heterocycles. The van der Waals surface area contributed by atoms with E-state index in [2.05, 4.69) is 10.5 Å². The fraction of sp³-hybridized carbons (Fsp3) is 0.208. The Bertz CT molecular complexity index is 1120. The molecule has 166 valence electrons. The van der Waals surface area contributed by atoms with E-state index in [0.717, 1.165) is 0 Å². The number of methoxy groups -OCH3 is 2. The summed E-state index contributed by atoms with van der Waals surface area (Å²) in [5, 5.41) is 6.37. The van der Waals surface area contributed by atoms with E-state index in [9.17, 15) is 9.59 Å². The van der Waals surface area contributed by atoms with Crippen LogP contribution in [0.3, 0.4) is 0 Å². The highest BCUT2D eigenvalue weighted by Crippen LogP contribution is 2.34. The zero-order chi connectivity index (χ0) is 23.1. The Balaban J connectivity index is 1.93. The number of carbonyl (C=O) groups excluding carboxylic acids is 2. The average molecular weight is 436 g/mol. The molecule has 32 heavy (non-hydrogen) atoms. The number of rotatable bonds is 8. The molecule has 0 spiro atoms. The van der Waals surface area contributed by atoms with Crippen molar-refractivity contribution in [1.29, 1.82) is 0 Å². The molecule has 0 aliphatic heterocycles. The molecule has 0 aliphatic rings. The minimum absolute atomic E-state index is 0.210. The third-order valence-corrected chi connectivity index (χ3v) is 4.53. The number of nitrogens with zero attached hydrogens (tertiary/aromatic N) is 1. The van der Waals surface area contributed by atoms with Crippen molar-refractivity contribution in [1.82, 2.24) is 5.16 Å². The van der Waals surface area contributed by atoms with Crippen LogP contribution in [0.2, 0.25) is 0 Å². The van der Waals surface area contributed by atoms with Crippen LogP contribution in [0, 0.1) is 6.92 Å². The maximum Gasteiger partial charge on any atom is 0.339 e. The van der Waals surface area contributed by atoms with Crippen molar-refractivity contribution < 1.29 is 28.3 Å². The number of benzene rings is 2. The van der Waals surface area contributed by atoms with Crippen molar-refractivity contribution in [3.8, 4) is 11.5 Å². The maximum absolute atomic E-state index is 13.1. The van der Waals surface area contributed by atoms with Crippen LogP contribution < -0.4 is 14.8 Å². The molecule has 0 aliphatic carbocycles. The van der Waals surface area contributed by atoms with Gasteiger partial charge >= 0.3 is 5.97 Å². The fourth-order valence-electron chi connectivity index (χ4n) is 3.11. The van der Waals surface area contributed by atoms with Gasteiger partial charge in [0, 0.05) is 17.2 Å². The first-order chi connectivity index (χ1) is 15.5. The van der Waals surface area contributed by atoms with E-state index in [4.69, 9.17) is 18.7 Å². The van der Waals surface area contributed by atoms with Crippen LogP contribution in [0.15, 0.2) is 59.1 Å². The number of carbonyl (C=O) groups is 2. The molecule has 3 rings (SSSR count). The molecule has 8 nitrogen and oxygen atoms in total. The molecule has 1 amide bonds. The lowest BCUT2D eigenvalue weighted by Crippen LogP contribution is -2.26. The van der Waals surface area contributed by atoms with Crippen molar-refractivity contribution >= 4 is 23.8 Å². The minimum atomic E-state index is -1.21. The van der Waals surface area contributed by atoms with Gasteiger partial charge < -0.3 is 24.1 Å².